The summed E-state index contributed by atoms with van der Waals surface area (Å²) in [5, 5.41) is 11.3. The number of sulfone groups is 1. The van der Waals surface area contributed by atoms with Gasteiger partial charge in [0.1, 0.15) is 17.2 Å². The van der Waals surface area contributed by atoms with Gasteiger partial charge >= 0.3 is 0 Å². The normalized spacial score (nSPS) is 10.8. The number of carbonyl (C=O) groups is 1. The first kappa shape index (κ1) is 25.2. The molecule has 0 spiro atoms. The Morgan fingerprint density at radius 2 is 1.23 bits per heavy atom. The third-order valence-corrected chi connectivity index (χ3v) is 6.90. The minimum atomic E-state index is -3.71. The number of hydrogen-bond donors (Lipinski definition) is 4. The lowest BCUT2D eigenvalue weighted by Gasteiger charge is -2.10. The molecule has 4 aromatic carbocycles. The van der Waals surface area contributed by atoms with E-state index in [9.17, 15) is 18.3 Å². The first-order valence-corrected chi connectivity index (χ1v) is 11.7. The van der Waals surface area contributed by atoms with Gasteiger partial charge in [-0.1, -0.05) is 24.3 Å². The number of methoxy groups -OCH3 is 2. The van der Waals surface area contributed by atoms with Crippen molar-refractivity contribution in [1.29, 1.82) is 0 Å². The molecule has 1 amide bonds. The maximum Gasteiger partial charge on any atom is 0.252 e. The number of ether oxygens (including phenoxy) is 2. The molecule has 0 atom stereocenters. The van der Waals surface area contributed by atoms with Crippen molar-refractivity contribution < 1.29 is 27.8 Å². The van der Waals surface area contributed by atoms with Gasteiger partial charge in [0, 0.05) is 0 Å². The quantitative estimate of drug-likeness (QED) is 0.306. The second-order valence-electron chi connectivity index (χ2n) is 7.39. The highest BCUT2D eigenvalue weighted by atomic mass is 32.2. The minimum Gasteiger partial charge on any atom is -0.507 e. The number of amides is 1. The van der Waals surface area contributed by atoms with Gasteiger partial charge in [-0.2, -0.15) is 0 Å². The molecular weight excluding hydrogens is 470 g/mol. The lowest BCUT2D eigenvalue weighted by atomic mass is 10.1. The summed E-state index contributed by atoms with van der Waals surface area (Å²) in [4.78, 5) is 11.1. The highest BCUT2D eigenvalue weighted by Crippen LogP contribution is 2.31. The van der Waals surface area contributed by atoms with Crippen molar-refractivity contribution >= 4 is 37.9 Å². The van der Waals surface area contributed by atoms with Crippen LogP contribution in [0.3, 0.4) is 0 Å². The van der Waals surface area contributed by atoms with Crippen molar-refractivity contribution in [3.63, 3.8) is 0 Å². The van der Waals surface area contributed by atoms with Gasteiger partial charge in [0.25, 0.3) is 5.91 Å². The van der Waals surface area contributed by atoms with Crippen LogP contribution in [0.4, 0.5) is 11.4 Å². The zero-order valence-corrected chi connectivity index (χ0v) is 19.9. The summed E-state index contributed by atoms with van der Waals surface area (Å²) in [5.74, 6) is 0.149. The maximum absolute atomic E-state index is 12.5. The van der Waals surface area contributed by atoms with Gasteiger partial charge in [-0.05, 0) is 59.3 Å². The van der Waals surface area contributed by atoms with E-state index in [1.54, 1.807) is 6.07 Å². The van der Waals surface area contributed by atoms with Crippen LogP contribution in [0.1, 0.15) is 10.4 Å². The summed E-state index contributed by atoms with van der Waals surface area (Å²) >= 11 is 0. The summed E-state index contributed by atoms with van der Waals surface area (Å²) in [7, 11) is -0.780. The summed E-state index contributed by atoms with van der Waals surface area (Å²) < 4.78 is 35.1. The first-order chi connectivity index (χ1) is 16.6. The molecule has 35 heavy (non-hydrogen) atoms. The molecular formula is C25H25N3O6S. The van der Waals surface area contributed by atoms with Crippen LogP contribution in [-0.4, -0.2) is 33.7 Å². The Hall–Kier alpha value is -4.44. The van der Waals surface area contributed by atoms with Crippen LogP contribution in [0.15, 0.2) is 82.6 Å². The lowest BCUT2D eigenvalue weighted by Crippen LogP contribution is -2.10. The highest BCUT2D eigenvalue weighted by Gasteiger charge is 2.20. The van der Waals surface area contributed by atoms with Gasteiger partial charge in [-0.25, -0.2) is 8.42 Å². The second-order valence-corrected chi connectivity index (χ2v) is 9.34. The number of benzene rings is 4. The van der Waals surface area contributed by atoms with Crippen molar-refractivity contribution in [3.8, 4) is 17.2 Å². The lowest BCUT2D eigenvalue weighted by molar-refractivity contribution is 0.0998. The molecule has 4 rings (SSSR count). The smallest absolute Gasteiger partial charge is 0.252 e. The molecule has 182 valence electrons. The Bertz CT molecular complexity index is 1440. The number of fused-ring (bicyclic) bond motifs is 1. The fourth-order valence-electron chi connectivity index (χ4n) is 3.32. The SMILES string of the molecule is COc1ccc(S(=O)(=O)c2ccc(OC)c(N)c2)cc1N.NC(=O)c1cc2ccccc2cc1O. The molecule has 0 aliphatic carbocycles. The fraction of sp³-hybridized carbons (Fsp3) is 0.0800. The van der Waals surface area contributed by atoms with Crippen LogP contribution in [-0.2, 0) is 9.84 Å². The number of anilines is 2. The predicted molar refractivity (Wildman–Crippen MR) is 134 cm³/mol. The van der Waals surface area contributed by atoms with Crippen molar-refractivity contribution in [3.05, 3.63) is 78.4 Å². The molecule has 0 radical (unpaired) electrons. The molecule has 0 saturated carbocycles. The Kier molecular flexibility index (Phi) is 7.36. The molecule has 0 aliphatic heterocycles. The molecule has 9 nitrogen and oxygen atoms in total. The maximum atomic E-state index is 12.5. The average molecular weight is 496 g/mol. The Labute approximate surface area is 202 Å². The third kappa shape index (κ3) is 5.39. The molecule has 0 fully saturated rings. The summed E-state index contributed by atoms with van der Waals surface area (Å²) in [5.41, 5.74) is 17.3. The van der Waals surface area contributed by atoms with E-state index < -0.39 is 15.7 Å². The van der Waals surface area contributed by atoms with Gasteiger partial charge in [0.2, 0.25) is 9.84 Å². The number of primary amides is 1. The van der Waals surface area contributed by atoms with E-state index in [4.69, 9.17) is 26.7 Å². The van der Waals surface area contributed by atoms with Crippen LogP contribution in [0.2, 0.25) is 0 Å². The van der Waals surface area contributed by atoms with E-state index in [-0.39, 0.29) is 32.5 Å². The van der Waals surface area contributed by atoms with Crippen LogP contribution in [0, 0.1) is 0 Å². The summed E-state index contributed by atoms with van der Waals surface area (Å²) in [6.07, 6.45) is 0. The van der Waals surface area contributed by atoms with Crippen molar-refractivity contribution in [1.82, 2.24) is 0 Å². The molecule has 0 unspecified atom stereocenters. The minimum absolute atomic E-state index is 0.0730. The third-order valence-electron chi connectivity index (χ3n) is 5.15. The monoisotopic (exact) mass is 495 g/mol. The number of aromatic hydroxyl groups is 1. The Morgan fingerprint density at radius 3 is 1.63 bits per heavy atom. The van der Waals surface area contributed by atoms with E-state index in [0.29, 0.717) is 11.5 Å². The van der Waals surface area contributed by atoms with E-state index in [2.05, 4.69) is 0 Å². The van der Waals surface area contributed by atoms with Crippen molar-refractivity contribution in [2.45, 2.75) is 9.79 Å². The number of nitrogens with two attached hydrogens (primary N) is 3. The molecule has 0 saturated heterocycles. The van der Waals surface area contributed by atoms with E-state index >= 15 is 0 Å². The molecule has 0 bridgehead atoms. The zero-order chi connectivity index (χ0) is 25.8. The number of hydrogen-bond acceptors (Lipinski definition) is 8. The molecule has 4 aromatic rings. The number of phenols is 1. The van der Waals surface area contributed by atoms with Crippen LogP contribution >= 0.6 is 0 Å². The fourth-order valence-corrected chi connectivity index (χ4v) is 4.65. The summed E-state index contributed by atoms with van der Waals surface area (Å²) in [6.45, 7) is 0. The van der Waals surface area contributed by atoms with Gasteiger partial charge in [0.15, 0.2) is 0 Å². The number of nitrogen functional groups attached to an aromatic ring is 2. The van der Waals surface area contributed by atoms with E-state index in [1.807, 2.05) is 24.3 Å². The molecule has 0 heterocycles. The van der Waals surface area contributed by atoms with Gasteiger partial charge in [-0.15, -0.1) is 0 Å². The van der Waals surface area contributed by atoms with Gasteiger partial charge in [0.05, 0.1) is 40.9 Å². The molecule has 0 aliphatic rings. The number of carbonyl (C=O) groups excluding carboxylic acids is 1. The van der Waals surface area contributed by atoms with Gasteiger partial charge in [-0.3, -0.25) is 4.79 Å². The molecule has 0 aromatic heterocycles. The van der Waals surface area contributed by atoms with Crippen LogP contribution in [0.25, 0.3) is 10.8 Å². The largest absolute Gasteiger partial charge is 0.507 e. The van der Waals surface area contributed by atoms with Crippen molar-refractivity contribution in [2.24, 2.45) is 5.73 Å². The molecule has 10 heteroatoms. The van der Waals surface area contributed by atoms with Gasteiger partial charge < -0.3 is 31.8 Å². The predicted octanol–water partition coefficient (Wildman–Crippen LogP) is 3.35. The van der Waals surface area contributed by atoms with E-state index in [0.717, 1.165) is 10.8 Å². The van der Waals surface area contributed by atoms with Crippen LogP contribution in [0.5, 0.6) is 17.2 Å². The second kappa shape index (κ2) is 10.2. The highest BCUT2D eigenvalue weighted by molar-refractivity contribution is 7.91. The first-order valence-electron chi connectivity index (χ1n) is 10.2. The van der Waals surface area contributed by atoms with Crippen molar-refractivity contribution in [2.75, 3.05) is 25.7 Å². The standard InChI is InChI=1S/C14H16N2O4S.C11H9NO2/c1-19-13-5-3-9(7-11(13)15)21(17,18)10-4-6-14(20-2)12(16)8-10;12-11(14)9-5-7-3-1-2-4-8(7)6-10(9)13/h3-8H,15-16H2,1-2H3;1-6,13H,(H2,12,14). The molecule has 7 N–H and O–H groups in total. The van der Waals surface area contributed by atoms with E-state index in [1.165, 1.54) is 56.7 Å². The average Bonchev–Trinajstić information content (AvgIpc) is 2.83. The van der Waals surface area contributed by atoms with Crippen LogP contribution < -0.4 is 26.7 Å². The Morgan fingerprint density at radius 1 is 0.771 bits per heavy atom. The number of rotatable bonds is 5. The topological polar surface area (TPSA) is 168 Å². The Balaban J connectivity index is 0.000000211. The summed E-state index contributed by atoms with van der Waals surface area (Å²) in [6, 6.07) is 19.2. The zero-order valence-electron chi connectivity index (χ0n) is 19.1.